The third-order valence-corrected chi connectivity index (χ3v) is 2.62. The molecule has 0 saturated carbocycles. The number of rotatable bonds is 6. The van der Waals surface area contributed by atoms with E-state index in [1.807, 2.05) is 32.0 Å². The van der Waals surface area contributed by atoms with E-state index < -0.39 is 0 Å². The molecule has 0 aromatic heterocycles. The molecule has 0 aliphatic heterocycles. The fourth-order valence-electron chi connectivity index (χ4n) is 1.75. The molecular formula is C15H22N4O. The monoisotopic (exact) mass is 274 g/mol. The summed E-state index contributed by atoms with van der Waals surface area (Å²) in [5, 5.41) is 15.3. The average molecular weight is 274 g/mol. The van der Waals surface area contributed by atoms with Crippen molar-refractivity contribution < 1.29 is 4.74 Å². The number of benzene rings is 1. The van der Waals surface area contributed by atoms with Crippen molar-refractivity contribution in [1.82, 2.24) is 10.6 Å². The van der Waals surface area contributed by atoms with Crippen LogP contribution in [-0.4, -0.2) is 32.3 Å². The van der Waals surface area contributed by atoms with Gasteiger partial charge in [-0.1, -0.05) is 12.1 Å². The first-order valence-electron chi connectivity index (χ1n) is 6.72. The lowest BCUT2D eigenvalue weighted by Crippen LogP contribution is -2.43. The van der Waals surface area contributed by atoms with Crippen molar-refractivity contribution in [2.24, 2.45) is 4.99 Å². The van der Waals surface area contributed by atoms with Crippen LogP contribution in [0, 0.1) is 11.3 Å². The fourth-order valence-corrected chi connectivity index (χ4v) is 1.75. The molecule has 108 valence electrons. The highest BCUT2D eigenvalue weighted by molar-refractivity contribution is 5.80. The van der Waals surface area contributed by atoms with Crippen LogP contribution >= 0.6 is 0 Å². The summed E-state index contributed by atoms with van der Waals surface area (Å²) < 4.78 is 5.09. The zero-order valence-electron chi connectivity index (χ0n) is 12.3. The van der Waals surface area contributed by atoms with Crippen LogP contribution in [-0.2, 0) is 11.3 Å². The topological polar surface area (TPSA) is 69.4 Å². The summed E-state index contributed by atoms with van der Waals surface area (Å²) in [6.45, 7) is 6.00. The smallest absolute Gasteiger partial charge is 0.191 e. The van der Waals surface area contributed by atoms with Crippen molar-refractivity contribution in [3.8, 4) is 6.07 Å². The lowest BCUT2D eigenvalue weighted by molar-refractivity contribution is 0.179. The lowest BCUT2D eigenvalue weighted by Gasteiger charge is -2.17. The van der Waals surface area contributed by atoms with Gasteiger partial charge in [-0.25, -0.2) is 4.99 Å². The van der Waals surface area contributed by atoms with Gasteiger partial charge in [0.2, 0.25) is 0 Å². The van der Waals surface area contributed by atoms with Crippen LogP contribution in [0.5, 0.6) is 0 Å². The van der Waals surface area contributed by atoms with Gasteiger partial charge < -0.3 is 15.4 Å². The van der Waals surface area contributed by atoms with Gasteiger partial charge in [0.15, 0.2) is 5.96 Å². The van der Waals surface area contributed by atoms with Crippen LogP contribution in [0.4, 0.5) is 0 Å². The number of nitriles is 1. The molecule has 0 aliphatic rings. The number of ether oxygens (including phenoxy) is 1. The van der Waals surface area contributed by atoms with Crippen LogP contribution in [0.15, 0.2) is 29.3 Å². The Morgan fingerprint density at radius 1 is 1.50 bits per heavy atom. The normalized spacial score (nSPS) is 12.6. The number of nitrogens with one attached hydrogen (secondary N) is 2. The molecule has 1 rings (SSSR count). The fraction of sp³-hybridized carbons (Fsp3) is 0.467. The van der Waals surface area contributed by atoms with Gasteiger partial charge in [-0.05, 0) is 31.5 Å². The van der Waals surface area contributed by atoms with Gasteiger partial charge in [0.25, 0.3) is 0 Å². The van der Waals surface area contributed by atoms with Gasteiger partial charge in [0.05, 0.1) is 24.8 Å². The molecule has 20 heavy (non-hydrogen) atoms. The molecule has 1 aromatic carbocycles. The molecule has 1 unspecified atom stereocenters. The molecule has 1 aromatic rings. The van der Waals surface area contributed by atoms with Gasteiger partial charge in [0.1, 0.15) is 0 Å². The van der Waals surface area contributed by atoms with E-state index in [1.165, 1.54) is 0 Å². The van der Waals surface area contributed by atoms with Crippen LogP contribution in [0.3, 0.4) is 0 Å². The quantitative estimate of drug-likeness (QED) is 0.611. The van der Waals surface area contributed by atoms with E-state index in [0.717, 1.165) is 18.1 Å². The first-order chi connectivity index (χ1) is 9.69. The van der Waals surface area contributed by atoms with Gasteiger partial charge >= 0.3 is 0 Å². The van der Waals surface area contributed by atoms with E-state index in [-0.39, 0.29) is 6.04 Å². The Hall–Kier alpha value is -2.06. The van der Waals surface area contributed by atoms with Gasteiger partial charge in [-0.2, -0.15) is 5.26 Å². The third kappa shape index (κ3) is 5.72. The largest absolute Gasteiger partial charge is 0.383 e. The van der Waals surface area contributed by atoms with Crippen molar-refractivity contribution >= 4 is 5.96 Å². The maximum absolute atomic E-state index is 8.88. The van der Waals surface area contributed by atoms with Crippen LogP contribution in [0.1, 0.15) is 25.0 Å². The summed E-state index contributed by atoms with van der Waals surface area (Å²) in [5.74, 6) is 0.749. The highest BCUT2D eigenvalue weighted by atomic mass is 16.5. The molecule has 0 fully saturated rings. The third-order valence-electron chi connectivity index (χ3n) is 2.62. The first-order valence-corrected chi connectivity index (χ1v) is 6.72. The van der Waals surface area contributed by atoms with Crippen molar-refractivity contribution in [2.45, 2.75) is 26.4 Å². The van der Waals surface area contributed by atoms with Crippen molar-refractivity contribution in [3.05, 3.63) is 35.4 Å². The number of guanidine groups is 1. The molecule has 5 heteroatoms. The molecule has 0 aliphatic carbocycles. The predicted octanol–water partition coefficient (Wildman–Crippen LogP) is 1.65. The Kier molecular flexibility index (Phi) is 7.15. The molecule has 0 heterocycles. The van der Waals surface area contributed by atoms with E-state index in [1.54, 1.807) is 13.2 Å². The number of aliphatic imine (C=N–C) groups is 1. The highest BCUT2D eigenvalue weighted by Gasteiger charge is 2.04. The van der Waals surface area contributed by atoms with Crippen LogP contribution < -0.4 is 10.6 Å². The molecule has 0 bridgehead atoms. The van der Waals surface area contributed by atoms with Crippen molar-refractivity contribution in [1.29, 1.82) is 5.26 Å². The van der Waals surface area contributed by atoms with E-state index >= 15 is 0 Å². The number of hydrogen-bond acceptors (Lipinski definition) is 3. The molecule has 5 nitrogen and oxygen atoms in total. The summed E-state index contributed by atoms with van der Waals surface area (Å²) in [5.41, 5.74) is 1.67. The highest BCUT2D eigenvalue weighted by Crippen LogP contribution is 2.05. The first kappa shape index (κ1) is 16.0. The lowest BCUT2D eigenvalue weighted by atomic mass is 10.1. The van der Waals surface area contributed by atoms with Crippen LogP contribution in [0.25, 0.3) is 0 Å². The molecular weight excluding hydrogens is 252 g/mol. The second-order valence-electron chi connectivity index (χ2n) is 4.51. The Morgan fingerprint density at radius 2 is 2.30 bits per heavy atom. The van der Waals surface area contributed by atoms with E-state index in [9.17, 15) is 0 Å². The average Bonchev–Trinajstić information content (AvgIpc) is 2.45. The maximum atomic E-state index is 8.88. The summed E-state index contributed by atoms with van der Waals surface area (Å²) in [6.07, 6.45) is 0. The summed E-state index contributed by atoms with van der Waals surface area (Å²) >= 11 is 0. The minimum absolute atomic E-state index is 0.184. The molecule has 0 radical (unpaired) electrons. The molecule has 1 atom stereocenters. The van der Waals surface area contributed by atoms with Gasteiger partial charge in [0, 0.05) is 19.7 Å². The Morgan fingerprint density at radius 3 is 2.95 bits per heavy atom. The minimum Gasteiger partial charge on any atom is -0.383 e. The van der Waals surface area contributed by atoms with Crippen LogP contribution in [0.2, 0.25) is 0 Å². The molecule has 0 saturated heterocycles. The number of hydrogen-bond donors (Lipinski definition) is 2. The van der Waals surface area contributed by atoms with Crippen molar-refractivity contribution in [3.63, 3.8) is 0 Å². The maximum Gasteiger partial charge on any atom is 0.191 e. The van der Waals surface area contributed by atoms with E-state index in [2.05, 4.69) is 21.7 Å². The number of nitrogens with zero attached hydrogens (tertiary/aromatic N) is 2. The standard InChI is InChI=1S/C15H22N4O/c1-4-17-15(19-12(2)11-20-3)18-10-14-7-5-6-13(8-14)9-16/h5-8,12H,4,10-11H2,1-3H3,(H2,17,18,19). The minimum atomic E-state index is 0.184. The molecule has 0 spiro atoms. The second-order valence-corrected chi connectivity index (χ2v) is 4.51. The molecule has 2 N–H and O–H groups in total. The van der Waals surface area contributed by atoms with E-state index in [4.69, 9.17) is 10.00 Å². The van der Waals surface area contributed by atoms with Gasteiger partial charge in [-0.3, -0.25) is 0 Å². The predicted molar refractivity (Wildman–Crippen MR) is 80.4 cm³/mol. The number of methoxy groups -OCH3 is 1. The molecule has 0 amide bonds. The zero-order valence-corrected chi connectivity index (χ0v) is 12.3. The second kappa shape index (κ2) is 8.94. The Bertz CT molecular complexity index is 479. The van der Waals surface area contributed by atoms with Crippen molar-refractivity contribution in [2.75, 3.05) is 20.3 Å². The summed E-state index contributed by atoms with van der Waals surface area (Å²) in [4.78, 5) is 4.51. The van der Waals surface area contributed by atoms with Gasteiger partial charge in [-0.15, -0.1) is 0 Å². The SMILES string of the molecule is CCNC(=NCc1cccc(C#N)c1)NC(C)COC. The summed E-state index contributed by atoms with van der Waals surface area (Å²) in [7, 11) is 1.68. The Balaban J connectivity index is 2.68. The zero-order chi connectivity index (χ0) is 14.8. The Labute approximate surface area is 120 Å². The summed E-state index contributed by atoms with van der Waals surface area (Å²) in [6, 6.07) is 9.80. The van der Waals surface area contributed by atoms with E-state index in [0.29, 0.717) is 18.7 Å².